The summed E-state index contributed by atoms with van der Waals surface area (Å²) in [6, 6.07) is 3.21. The number of rotatable bonds is 2. The molecule has 19 heavy (non-hydrogen) atoms. The average molecular weight is 294 g/mol. The Hall–Kier alpha value is -1.79. The van der Waals surface area contributed by atoms with Crippen molar-refractivity contribution in [2.45, 2.75) is 10.1 Å². The lowest BCUT2D eigenvalue weighted by atomic mass is 10.1. The van der Waals surface area contributed by atoms with Gasteiger partial charge in [-0.25, -0.2) is 4.98 Å². The summed E-state index contributed by atoms with van der Waals surface area (Å²) in [5.41, 5.74) is 0.815. The van der Waals surface area contributed by atoms with E-state index in [-0.39, 0.29) is 0 Å². The van der Waals surface area contributed by atoms with Crippen LogP contribution in [0, 0.1) is 0 Å². The molecule has 0 radical (unpaired) electrons. The number of benzene rings is 1. The topological polar surface area (TPSA) is 64.0 Å². The zero-order valence-corrected chi connectivity index (χ0v) is 11.4. The Bertz CT molecular complexity index is 711. The Morgan fingerprint density at radius 3 is 2.84 bits per heavy atom. The van der Waals surface area contributed by atoms with E-state index in [1.807, 2.05) is 17.8 Å². The molecule has 3 rings (SSSR count). The van der Waals surface area contributed by atoms with Crippen LogP contribution >= 0.6 is 23.4 Å². The minimum absolute atomic E-state index is 0.319. The molecule has 2 heterocycles. The van der Waals surface area contributed by atoms with Crippen molar-refractivity contribution in [3.63, 3.8) is 0 Å². The fourth-order valence-corrected chi connectivity index (χ4v) is 2.90. The van der Waals surface area contributed by atoms with Crippen molar-refractivity contribution >= 4 is 40.7 Å². The predicted molar refractivity (Wildman–Crippen MR) is 71.7 cm³/mol. The minimum Gasteiger partial charge on any atom is -0.329 e. The highest BCUT2D eigenvalue weighted by Crippen LogP contribution is 2.37. The molecular formula is C12H8ClN3O2S. The van der Waals surface area contributed by atoms with E-state index in [1.54, 1.807) is 12.3 Å². The summed E-state index contributed by atoms with van der Waals surface area (Å²) in [7, 11) is 1.88. The standard InChI is InChI=1S/C12H8ClN3O2S/c1-16-3-2-14-12(16)19-9-5-8-6(4-7(9)13)10(17)11(18)15-8/h2-5H,1H3,(H,15,17,18). The molecule has 96 valence electrons. The number of imidazole rings is 1. The van der Waals surface area contributed by atoms with E-state index >= 15 is 0 Å². The largest absolute Gasteiger partial charge is 0.329 e. The van der Waals surface area contributed by atoms with Gasteiger partial charge in [0.15, 0.2) is 5.16 Å². The normalized spacial score (nSPS) is 13.6. The zero-order valence-electron chi connectivity index (χ0n) is 9.81. The molecule has 0 aliphatic carbocycles. The van der Waals surface area contributed by atoms with Crippen LogP contribution in [0.3, 0.4) is 0 Å². The van der Waals surface area contributed by atoms with E-state index in [9.17, 15) is 9.59 Å². The number of aromatic nitrogens is 2. The third kappa shape index (κ3) is 2.02. The third-order valence-electron chi connectivity index (χ3n) is 2.75. The van der Waals surface area contributed by atoms with Gasteiger partial charge in [0, 0.05) is 24.3 Å². The van der Waals surface area contributed by atoms with E-state index in [0.29, 0.717) is 16.3 Å². The molecule has 0 fully saturated rings. The molecule has 1 amide bonds. The van der Waals surface area contributed by atoms with Crippen molar-refractivity contribution in [2.24, 2.45) is 7.05 Å². The smallest absolute Gasteiger partial charge is 0.296 e. The SMILES string of the molecule is Cn1ccnc1Sc1cc2c(cc1Cl)C(=O)C(=O)N2. The summed E-state index contributed by atoms with van der Waals surface area (Å²) in [5.74, 6) is -1.17. The molecule has 0 atom stereocenters. The number of amides is 1. The fourth-order valence-electron chi connectivity index (χ4n) is 1.77. The van der Waals surface area contributed by atoms with Crippen molar-refractivity contribution in [3.05, 3.63) is 35.1 Å². The summed E-state index contributed by atoms with van der Waals surface area (Å²) in [6.45, 7) is 0. The summed E-state index contributed by atoms with van der Waals surface area (Å²) < 4.78 is 1.86. The van der Waals surface area contributed by atoms with Crippen LogP contribution in [0.15, 0.2) is 34.6 Å². The zero-order chi connectivity index (χ0) is 13.6. The van der Waals surface area contributed by atoms with Gasteiger partial charge in [0.25, 0.3) is 11.7 Å². The molecule has 5 nitrogen and oxygen atoms in total. The lowest BCUT2D eigenvalue weighted by Gasteiger charge is -2.06. The molecule has 1 aromatic carbocycles. The van der Waals surface area contributed by atoms with Crippen LogP contribution in [0.25, 0.3) is 0 Å². The van der Waals surface area contributed by atoms with Gasteiger partial charge < -0.3 is 9.88 Å². The van der Waals surface area contributed by atoms with E-state index < -0.39 is 11.7 Å². The van der Waals surface area contributed by atoms with Crippen molar-refractivity contribution in [3.8, 4) is 0 Å². The summed E-state index contributed by atoms with van der Waals surface area (Å²) >= 11 is 7.51. The predicted octanol–water partition coefficient (Wildman–Crippen LogP) is 2.36. The number of nitrogens with one attached hydrogen (secondary N) is 1. The molecule has 0 spiro atoms. The Morgan fingerprint density at radius 1 is 1.37 bits per heavy atom. The van der Waals surface area contributed by atoms with Crippen LogP contribution < -0.4 is 5.32 Å². The van der Waals surface area contributed by atoms with Crippen LogP contribution in [-0.4, -0.2) is 21.2 Å². The average Bonchev–Trinajstić information content (AvgIpc) is 2.88. The molecule has 1 aromatic heterocycles. The summed E-state index contributed by atoms with van der Waals surface area (Å²) in [4.78, 5) is 27.8. The monoisotopic (exact) mass is 293 g/mol. The lowest BCUT2D eigenvalue weighted by Crippen LogP contribution is -2.12. The highest BCUT2D eigenvalue weighted by atomic mass is 35.5. The second-order valence-electron chi connectivity index (χ2n) is 4.03. The Labute approximate surface area is 118 Å². The molecule has 0 saturated carbocycles. The van der Waals surface area contributed by atoms with E-state index in [4.69, 9.17) is 11.6 Å². The number of ketones is 1. The Morgan fingerprint density at radius 2 is 2.16 bits per heavy atom. The van der Waals surface area contributed by atoms with Crippen molar-refractivity contribution in [2.75, 3.05) is 5.32 Å². The Balaban J connectivity index is 2.01. The first-order chi connectivity index (χ1) is 9.06. The molecule has 1 aliphatic heterocycles. The van der Waals surface area contributed by atoms with E-state index in [0.717, 1.165) is 10.1 Å². The maximum absolute atomic E-state index is 11.5. The lowest BCUT2D eigenvalue weighted by molar-refractivity contribution is -0.112. The van der Waals surface area contributed by atoms with Crippen LogP contribution in [0.2, 0.25) is 5.02 Å². The number of aryl methyl sites for hydroxylation is 1. The first kappa shape index (κ1) is 12.3. The van der Waals surface area contributed by atoms with Crippen molar-refractivity contribution in [1.82, 2.24) is 9.55 Å². The third-order valence-corrected chi connectivity index (χ3v) is 4.31. The quantitative estimate of drug-likeness (QED) is 0.863. The number of carbonyl (C=O) groups excluding carboxylic acids is 2. The van der Waals surface area contributed by atoms with Crippen molar-refractivity contribution < 1.29 is 9.59 Å². The number of anilines is 1. The minimum atomic E-state index is -0.620. The molecule has 7 heteroatoms. The van der Waals surface area contributed by atoms with Gasteiger partial charge in [-0.05, 0) is 12.1 Å². The number of hydrogen-bond donors (Lipinski definition) is 1. The van der Waals surface area contributed by atoms with Gasteiger partial charge in [-0.1, -0.05) is 23.4 Å². The number of nitrogens with zero attached hydrogens (tertiary/aromatic N) is 2. The maximum Gasteiger partial charge on any atom is 0.296 e. The van der Waals surface area contributed by atoms with Gasteiger partial charge >= 0.3 is 0 Å². The van der Waals surface area contributed by atoms with Crippen LogP contribution in [0.5, 0.6) is 0 Å². The molecule has 0 unspecified atom stereocenters. The number of fused-ring (bicyclic) bond motifs is 1. The Kier molecular flexibility index (Phi) is 2.83. The van der Waals surface area contributed by atoms with E-state index in [2.05, 4.69) is 10.3 Å². The van der Waals surface area contributed by atoms with Gasteiger partial charge in [-0.3, -0.25) is 9.59 Å². The first-order valence-electron chi connectivity index (χ1n) is 5.40. The second kappa shape index (κ2) is 4.40. The van der Waals surface area contributed by atoms with E-state index in [1.165, 1.54) is 17.8 Å². The number of hydrogen-bond acceptors (Lipinski definition) is 4. The number of carbonyl (C=O) groups is 2. The van der Waals surface area contributed by atoms with Crippen LogP contribution in [-0.2, 0) is 11.8 Å². The molecule has 0 bridgehead atoms. The van der Waals surface area contributed by atoms with Crippen LogP contribution in [0.4, 0.5) is 5.69 Å². The second-order valence-corrected chi connectivity index (χ2v) is 5.45. The first-order valence-corrected chi connectivity index (χ1v) is 6.60. The number of Topliss-reactive ketones (excluding diaryl/α,β-unsaturated/α-hetero) is 1. The molecule has 2 aromatic rings. The van der Waals surface area contributed by atoms with Gasteiger partial charge in [0.2, 0.25) is 0 Å². The van der Waals surface area contributed by atoms with Gasteiger partial charge in [-0.2, -0.15) is 0 Å². The summed E-state index contributed by atoms with van der Waals surface area (Å²) in [5, 5.41) is 3.72. The van der Waals surface area contributed by atoms with Gasteiger partial charge in [0.1, 0.15) is 0 Å². The van der Waals surface area contributed by atoms with Gasteiger partial charge in [0.05, 0.1) is 16.3 Å². The molecule has 1 aliphatic rings. The highest BCUT2D eigenvalue weighted by molar-refractivity contribution is 7.99. The molecule has 1 N–H and O–H groups in total. The highest BCUT2D eigenvalue weighted by Gasteiger charge is 2.29. The van der Waals surface area contributed by atoms with Crippen molar-refractivity contribution in [1.29, 1.82) is 0 Å². The molecular weight excluding hydrogens is 286 g/mol. The fraction of sp³-hybridized carbons (Fsp3) is 0.0833. The van der Waals surface area contributed by atoms with Gasteiger partial charge in [-0.15, -0.1) is 0 Å². The molecule has 0 saturated heterocycles. The van der Waals surface area contributed by atoms with Crippen LogP contribution in [0.1, 0.15) is 10.4 Å². The number of halogens is 1. The summed E-state index contributed by atoms with van der Waals surface area (Å²) in [6.07, 6.45) is 3.52. The maximum atomic E-state index is 11.5.